The molecule has 29 heavy (non-hydrogen) atoms. The average molecular weight is 419 g/mol. The third-order valence-corrected chi connectivity index (χ3v) is 6.62. The van der Waals surface area contributed by atoms with Gasteiger partial charge in [-0.25, -0.2) is 12.8 Å². The van der Waals surface area contributed by atoms with E-state index in [2.05, 4.69) is 5.32 Å². The SMILES string of the molecule is C[C@H](C(=O)Nc1cccc(F)c1)[NH+]1CCN(S(=O)(=O)/C=C/c2ccccc2)CC1. The lowest BCUT2D eigenvalue weighted by Gasteiger charge is -2.33. The molecule has 3 rings (SSSR count). The molecular formula is C21H25FN3O3S+. The quantitative estimate of drug-likeness (QED) is 0.744. The van der Waals surface area contributed by atoms with E-state index in [0.29, 0.717) is 31.9 Å². The van der Waals surface area contributed by atoms with Crippen LogP contribution in [0.3, 0.4) is 0 Å². The Balaban J connectivity index is 1.55. The van der Waals surface area contributed by atoms with Crippen molar-refractivity contribution in [2.45, 2.75) is 13.0 Å². The predicted molar refractivity (Wildman–Crippen MR) is 111 cm³/mol. The summed E-state index contributed by atoms with van der Waals surface area (Å²) in [6.45, 7) is 3.53. The van der Waals surface area contributed by atoms with Gasteiger partial charge in [0.05, 0.1) is 26.2 Å². The highest BCUT2D eigenvalue weighted by atomic mass is 32.2. The molecule has 1 aliphatic rings. The molecule has 154 valence electrons. The summed E-state index contributed by atoms with van der Waals surface area (Å²) in [7, 11) is -3.51. The molecule has 2 aromatic rings. The molecule has 1 heterocycles. The second kappa shape index (κ2) is 9.30. The number of amides is 1. The van der Waals surface area contributed by atoms with Gasteiger partial charge in [0.2, 0.25) is 10.0 Å². The van der Waals surface area contributed by atoms with Crippen LogP contribution in [0.1, 0.15) is 12.5 Å². The first-order valence-electron chi connectivity index (χ1n) is 9.49. The van der Waals surface area contributed by atoms with Crippen LogP contribution in [-0.4, -0.2) is 50.9 Å². The number of carbonyl (C=O) groups is 1. The number of nitrogens with zero attached hydrogens (tertiary/aromatic N) is 1. The number of halogens is 1. The third kappa shape index (κ3) is 5.72. The van der Waals surface area contributed by atoms with Crippen LogP contribution in [0.5, 0.6) is 0 Å². The van der Waals surface area contributed by atoms with Gasteiger partial charge in [-0.2, -0.15) is 4.31 Å². The Hall–Kier alpha value is -2.55. The lowest BCUT2D eigenvalue weighted by molar-refractivity contribution is -0.917. The zero-order chi connectivity index (χ0) is 20.9. The summed E-state index contributed by atoms with van der Waals surface area (Å²) in [5.41, 5.74) is 1.23. The van der Waals surface area contributed by atoms with E-state index in [1.165, 1.54) is 27.9 Å². The van der Waals surface area contributed by atoms with Crippen molar-refractivity contribution in [3.8, 4) is 0 Å². The summed E-state index contributed by atoms with van der Waals surface area (Å²) < 4.78 is 39.8. The van der Waals surface area contributed by atoms with E-state index >= 15 is 0 Å². The lowest BCUT2D eigenvalue weighted by atomic mass is 10.2. The van der Waals surface area contributed by atoms with Gasteiger partial charge in [0.25, 0.3) is 5.91 Å². The van der Waals surface area contributed by atoms with Crippen molar-refractivity contribution >= 4 is 27.7 Å². The summed E-state index contributed by atoms with van der Waals surface area (Å²) in [4.78, 5) is 13.5. The monoisotopic (exact) mass is 418 g/mol. The number of benzene rings is 2. The number of quaternary nitrogens is 1. The van der Waals surface area contributed by atoms with Crippen molar-refractivity contribution in [1.29, 1.82) is 0 Å². The minimum absolute atomic E-state index is 0.217. The standard InChI is InChI=1S/C21H24FN3O3S/c1-17(21(26)23-20-9-5-8-19(22)16-20)24-11-13-25(14-12-24)29(27,28)15-10-18-6-3-2-4-7-18/h2-10,15-17H,11-14H2,1H3,(H,23,26)/p+1/b15-10+/t17-/m1/s1. The highest BCUT2D eigenvalue weighted by molar-refractivity contribution is 7.92. The van der Waals surface area contributed by atoms with Crippen LogP contribution >= 0.6 is 0 Å². The molecule has 1 aliphatic heterocycles. The number of carbonyl (C=O) groups excluding carboxylic acids is 1. The fraction of sp³-hybridized carbons (Fsp3) is 0.286. The Labute approximate surface area is 170 Å². The number of hydrogen-bond acceptors (Lipinski definition) is 3. The van der Waals surface area contributed by atoms with Crippen molar-refractivity contribution in [2.24, 2.45) is 0 Å². The fourth-order valence-electron chi connectivity index (χ4n) is 3.28. The normalized spacial score (nSPS) is 17.3. The maximum absolute atomic E-state index is 13.3. The molecule has 0 aliphatic carbocycles. The Kier molecular flexibility index (Phi) is 6.79. The van der Waals surface area contributed by atoms with E-state index in [9.17, 15) is 17.6 Å². The Morgan fingerprint density at radius 3 is 2.48 bits per heavy atom. The van der Waals surface area contributed by atoms with E-state index < -0.39 is 15.8 Å². The van der Waals surface area contributed by atoms with Crippen LogP contribution in [0.2, 0.25) is 0 Å². The molecular weight excluding hydrogens is 393 g/mol. The summed E-state index contributed by atoms with van der Waals surface area (Å²) in [5, 5.41) is 3.95. The molecule has 1 saturated heterocycles. The third-order valence-electron chi connectivity index (χ3n) is 5.05. The van der Waals surface area contributed by atoms with Gasteiger partial charge in [-0.3, -0.25) is 4.79 Å². The topological polar surface area (TPSA) is 70.9 Å². The summed E-state index contributed by atoms with van der Waals surface area (Å²) in [6.07, 6.45) is 1.59. The Bertz CT molecular complexity index is 972. The van der Waals surface area contributed by atoms with E-state index in [1.807, 2.05) is 30.3 Å². The van der Waals surface area contributed by atoms with E-state index in [4.69, 9.17) is 0 Å². The molecule has 0 radical (unpaired) electrons. The molecule has 1 fully saturated rings. The number of sulfonamides is 1. The summed E-state index contributed by atoms with van der Waals surface area (Å²) in [6, 6.07) is 14.6. The van der Waals surface area contributed by atoms with Crippen LogP contribution in [0.4, 0.5) is 10.1 Å². The fourth-order valence-corrected chi connectivity index (χ4v) is 4.47. The molecule has 2 N–H and O–H groups in total. The molecule has 0 bridgehead atoms. The number of nitrogens with one attached hydrogen (secondary N) is 2. The molecule has 1 amide bonds. The first-order valence-corrected chi connectivity index (χ1v) is 11.0. The first kappa shape index (κ1) is 21.2. The smallest absolute Gasteiger partial charge is 0.282 e. The van der Waals surface area contributed by atoms with Crippen LogP contribution in [-0.2, 0) is 14.8 Å². The van der Waals surface area contributed by atoms with Gasteiger partial charge in [-0.05, 0) is 36.8 Å². The summed E-state index contributed by atoms with van der Waals surface area (Å²) in [5.74, 6) is -0.629. The van der Waals surface area contributed by atoms with Gasteiger partial charge >= 0.3 is 0 Å². The largest absolute Gasteiger partial charge is 0.323 e. The minimum atomic E-state index is -3.51. The zero-order valence-corrected chi connectivity index (χ0v) is 17.0. The van der Waals surface area contributed by atoms with E-state index in [1.54, 1.807) is 19.1 Å². The predicted octanol–water partition coefficient (Wildman–Crippen LogP) is 1.35. The van der Waals surface area contributed by atoms with Crippen molar-refractivity contribution in [2.75, 3.05) is 31.5 Å². The average Bonchev–Trinajstić information content (AvgIpc) is 2.72. The van der Waals surface area contributed by atoms with Gasteiger partial charge in [-0.15, -0.1) is 0 Å². The lowest BCUT2D eigenvalue weighted by Crippen LogP contribution is -3.19. The maximum atomic E-state index is 13.3. The molecule has 0 unspecified atom stereocenters. The molecule has 0 saturated carbocycles. The highest BCUT2D eigenvalue weighted by Crippen LogP contribution is 2.10. The van der Waals surface area contributed by atoms with Crippen molar-refractivity contribution < 1.29 is 22.5 Å². The second-order valence-electron chi connectivity index (χ2n) is 7.04. The van der Waals surface area contributed by atoms with Crippen LogP contribution in [0, 0.1) is 5.82 Å². The molecule has 2 aromatic carbocycles. The number of anilines is 1. The molecule has 1 atom stereocenters. The van der Waals surface area contributed by atoms with Crippen molar-refractivity contribution in [3.63, 3.8) is 0 Å². The van der Waals surface area contributed by atoms with Crippen molar-refractivity contribution in [3.05, 3.63) is 71.4 Å². The maximum Gasteiger partial charge on any atom is 0.282 e. The number of rotatable bonds is 6. The van der Waals surface area contributed by atoms with Crippen LogP contribution in [0.25, 0.3) is 6.08 Å². The van der Waals surface area contributed by atoms with E-state index in [-0.39, 0.29) is 11.9 Å². The highest BCUT2D eigenvalue weighted by Gasteiger charge is 2.32. The van der Waals surface area contributed by atoms with Gasteiger partial charge in [0, 0.05) is 11.1 Å². The Morgan fingerprint density at radius 1 is 1.14 bits per heavy atom. The number of piperazine rings is 1. The van der Waals surface area contributed by atoms with Crippen LogP contribution in [0.15, 0.2) is 60.0 Å². The van der Waals surface area contributed by atoms with Gasteiger partial charge in [0.1, 0.15) is 5.82 Å². The summed E-state index contributed by atoms with van der Waals surface area (Å²) >= 11 is 0. The molecule has 0 spiro atoms. The van der Waals surface area contributed by atoms with Crippen molar-refractivity contribution in [1.82, 2.24) is 4.31 Å². The Morgan fingerprint density at radius 2 is 1.83 bits per heavy atom. The van der Waals surface area contributed by atoms with E-state index in [0.717, 1.165) is 10.5 Å². The molecule has 6 nitrogen and oxygen atoms in total. The number of hydrogen-bond donors (Lipinski definition) is 2. The second-order valence-corrected chi connectivity index (χ2v) is 8.86. The minimum Gasteiger partial charge on any atom is -0.323 e. The van der Waals surface area contributed by atoms with Gasteiger partial charge < -0.3 is 10.2 Å². The van der Waals surface area contributed by atoms with Gasteiger partial charge in [0.15, 0.2) is 6.04 Å². The molecule has 0 aromatic heterocycles. The van der Waals surface area contributed by atoms with Gasteiger partial charge in [-0.1, -0.05) is 36.4 Å². The first-order chi connectivity index (χ1) is 13.8. The molecule has 8 heteroatoms. The van der Waals surface area contributed by atoms with Crippen LogP contribution < -0.4 is 10.2 Å². The zero-order valence-electron chi connectivity index (χ0n) is 16.2.